The van der Waals surface area contributed by atoms with Crippen molar-refractivity contribution in [3.63, 3.8) is 0 Å². The smallest absolute Gasteiger partial charge is 0.339 e. The summed E-state index contributed by atoms with van der Waals surface area (Å²) < 4.78 is 0. The molecule has 1 aliphatic carbocycles. The van der Waals surface area contributed by atoms with E-state index in [1.54, 1.807) is 6.07 Å². The second kappa shape index (κ2) is 6.20. The van der Waals surface area contributed by atoms with Crippen LogP contribution in [0.15, 0.2) is 12.3 Å². The van der Waals surface area contributed by atoms with Crippen molar-refractivity contribution >= 4 is 23.3 Å². The fourth-order valence-corrected chi connectivity index (χ4v) is 3.04. The van der Waals surface area contributed by atoms with E-state index in [1.807, 2.05) is 13.8 Å². The Hall–Kier alpha value is -1.33. The molecule has 3 N–H and O–H groups in total. The number of hydrogen-bond donors (Lipinski definition) is 3. The van der Waals surface area contributed by atoms with Gasteiger partial charge in [0.25, 0.3) is 0 Å². The second-order valence-corrected chi connectivity index (χ2v) is 6.59. The van der Waals surface area contributed by atoms with Crippen LogP contribution in [-0.2, 0) is 0 Å². The summed E-state index contributed by atoms with van der Waals surface area (Å²) in [6.45, 7) is 3.69. The minimum absolute atomic E-state index is 0.129. The van der Waals surface area contributed by atoms with E-state index >= 15 is 0 Å². The van der Waals surface area contributed by atoms with E-state index < -0.39 is 11.6 Å². The first kappa shape index (κ1) is 16.0. The summed E-state index contributed by atoms with van der Waals surface area (Å²) >= 11 is 5.85. The number of nitrogens with zero attached hydrogens (tertiary/aromatic N) is 1. The lowest BCUT2D eigenvalue weighted by Gasteiger charge is -2.36. The third-order valence-corrected chi connectivity index (χ3v) is 4.39. The van der Waals surface area contributed by atoms with Crippen molar-refractivity contribution in [3.05, 3.63) is 23.0 Å². The van der Waals surface area contributed by atoms with Crippen LogP contribution in [-0.4, -0.2) is 32.8 Å². The van der Waals surface area contributed by atoms with Gasteiger partial charge in [-0.15, -0.1) is 0 Å². The number of nitrogens with one attached hydrogen (secondary N) is 1. The Balaban J connectivity index is 2.04. The number of hydrogen-bond acceptors (Lipinski definition) is 4. The van der Waals surface area contributed by atoms with Crippen LogP contribution in [0.1, 0.15) is 49.9 Å². The number of carbonyl (C=O) groups is 1. The third-order valence-electron chi connectivity index (χ3n) is 4.19. The summed E-state index contributed by atoms with van der Waals surface area (Å²) in [5.41, 5.74) is -0.0183. The Bertz CT molecular complexity index is 520. The quantitative estimate of drug-likeness (QED) is 0.744. The lowest BCUT2D eigenvalue weighted by Crippen LogP contribution is -2.37. The molecule has 1 heterocycles. The number of aromatic nitrogens is 1. The molecule has 0 unspecified atom stereocenters. The summed E-state index contributed by atoms with van der Waals surface area (Å²) in [6, 6.07) is 1.74. The minimum Gasteiger partial charge on any atom is -0.478 e. The van der Waals surface area contributed by atoms with Gasteiger partial charge in [-0.25, -0.2) is 9.78 Å². The maximum atomic E-state index is 11.2. The number of aromatic carboxylic acids is 1. The molecule has 1 saturated carbocycles. The maximum absolute atomic E-state index is 11.2. The van der Waals surface area contributed by atoms with Crippen LogP contribution in [0.2, 0.25) is 5.15 Å². The van der Waals surface area contributed by atoms with E-state index in [9.17, 15) is 15.0 Å². The van der Waals surface area contributed by atoms with E-state index in [-0.39, 0.29) is 22.7 Å². The number of carboxylic acids is 1. The molecule has 0 aliphatic heterocycles. The van der Waals surface area contributed by atoms with Crippen LogP contribution in [0.4, 0.5) is 5.69 Å². The highest BCUT2D eigenvalue weighted by atomic mass is 35.5. The molecule has 116 valence electrons. The number of halogens is 1. The molecule has 0 aromatic carbocycles. The van der Waals surface area contributed by atoms with Crippen molar-refractivity contribution in [2.24, 2.45) is 5.92 Å². The summed E-state index contributed by atoms with van der Waals surface area (Å²) in [4.78, 5) is 15.0. The SMILES string of the molecule is CC(C)(O)[C@H]1CC[C@H](Nc2cc(Cl)ncc2C(=O)O)CC1. The molecule has 6 heteroatoms. The monoisotopic (exact) mass is 312 g/mol. The lowest BCUT2D eigenvalue weighted by atomic mass is 9.77. The first-order chi connectivity index (χ1) is 9.77. The van der Waals surface area contributed by atoms with Gasteiger partial charge in [-0.3, -0.25) is 0 Å². The predicted octanol–water partition coefficient (Wildman–Crippen LogP) is 3.17. The van der Waals surface area contributed by atoms with Gasteiger partial charge in [0, 0.05) is 12.2 Å². The van der Waals surface area contributed by atoms with Gasteiger partial charge in [-0.1, -0.05) is 11.6 Å². The number of carboxylic acid groups (broad SMARTS) is 1. The van der Waals surface area contributed by atoms with E-state index in [0.29, 0.717) is 5.69 Å². The summed E-state index contributed by atoms with van der Waals surface area (Å²) in [5, 5.41) is 22.8. The Kier molecular flexibility index (Phi) is 4.74. The number of aliphatic hydroxyl groups is 1. The fraction of sp³-hybridized carbons (Fsp3) is 0.600. The van der Waals surface area contributed by atoms with Gasteiger partial charge in [0.15, 0.2) is 0 Å². The Morgan fingerprint density at radius 2 is 2.00 bits per heavy atom. The maximum Gasteiger partial charge on any atom is 0.339 e. The van der Waals surface area contributed by atoms with Gasteiger partial charge in [-0.2, -0.15) is 0 Å². The highest BCUT2D eigenvalue weighted by Crippen LogP contribution is 2.34. The number of pyridine rings is 1. The summed E-state index contributed by atoms with van der Waals surface area (Å²) in [6.07, 6.45) is 4.90. The molecule has 1 aromatic rings. The van der Waals surface area contributed by atoms with Gasteiger partial charge in [-0.05, 0) is 51.5 Å². The summed E-state index contributed by atoms with van der Waals surface area (Å²) in [7, 11) is 0. The van der Waals surface area contributed by atoms with Gasteiger partial charge in [0.1, 0.15) is 10.7 Å². The van der Waals surface area contributed by atoms with Gasteiger partial charge in [0.05, 0.1) is 11.3 Å². The van der Waals surface area contributed by atoms with Gasteiger partial charge >= 0.3 is 5.97 Å². The van der Waals surface area contributed by atoms with Crippen molar-refractivity contribution < 1.29 is 15.0 Å². The normalized spacial score (nSPS) is 22.9. The average Bonchev–Trinajstić information content (AvgIpc) is 2.38. The van der Waals surface area contributed by atoms with E-state index in [0.717, 1.165) is 25.7 Å². The lowest BCUT2D eigenvalue weighted by molar-refractivity contribution is -0.000390. The molecule has 0 radical (unpaired) electrons. The minimum atomic E-state index is -1.02. The first-order valence-corrected chi connectivity index (χ1v) is 7.53. The van der Waals surface area contributed by atoms with Crippen molar-refractivity contribution in [3.8, 4) is 0 Å². The number of anilines is 1. The molecule has 21 heavy (non-hydrogen) atoms. The molecule has 0 amide bonds. The van der Waals surface area contributed by atoms with Crippen molar-refractivity contribution in [2.45, 2.75) is 51.2 Å². The highest BCUT2D eigenvalue weighted by Gasteiger charge is 2.31. The standard InChI is InChI=1S/C15H21ClN2O3/c1-15(2,21)9-3-5-10(6-4-9)18-12-7-13(16)17-8-11(12)14(19)20/h7-10,21H,3-6H2,1-2H3,(H,17,18)(H,19,20)/t9-,10-. The van der Waals surface area contributed by atoms with Crippen LogP contribution < -0.4 is 5.32 Å². The average molecular weight is 313 g/mol. The van der Waals surface area contributed by atoms with Crippen LogP contribution in [0.25, 0.3) is 0 Å². The summed E-state index contributed by atoms with van der Waals surface area (Å²) in [5.74, 6) is -0.734. The van der Waals surface area contributed by atoms with Crippen molar-refractivity contribution in [1.82, 2.24) is 4.98 Å². The molecular weight excluding hydrogens is 292 g/mol. The van der Waals surface area contributed by atoms with Gasteiger partial charge < -0.3 is 15.5 Å². The van der Waals surface area contributed by atoms with E-state index in [4.69, 9.17) is 11.6 Å². The van der Waals surface area contributed by atoms with Crippen LogP contribution >= 0.6 is 11.6 Å². The molecule has 0 spiro atoms. The molecule has 1 aliphatic rings. The molecule has 1 fully saturated rings. The van der Waals surface area contributed by atoms with Crippen LogP contribution in [0.5, 0.6) is 0 Å². The highest BCUT2D eigenvalue weighted by molar-refractivity contribution is 6.29. The Morgan fingerprint density at radius 3 is 2.52 bits per heavy atom. The van der Waals surface area contributed by atoms with E-state index in [2.05, 4.69) is 10.3 Å². The topological polar surface area (TPSA) is 82.5 Å². The van der Waals surface area contributed by atoms with Crippen LogP contribution in [0.3, 0.4) is 0 Å². The van der Waals surface area contributed by atoms with E-state index in [1.165, 1.54) is 6.20 Å². The molecule has 5 nitrogen and oxygen atoms in total. The van der Waals surface area contributed by atoms with Crippen molar-refractivity contribution in [1.29, 1.82) is 0 Å². The molecule has 1 aromatic heterocycles. The zero-order valence-electron chi connectivity index (χ0n) is 12.3. The van der Waals surface area contributed by atoms with Crippen LogP contribution in [0, 0.1) is 5.92 Å². The second-order valence-electron chi connectivity index (χ2n) is 6.20. The number of rotatable bonds is 4. The molecule has 0 bridgehead atoms. The molecule has 2 rings (SSSR count). The van der Waals surface area contributed by atoms with Crippen molar-refractivity contribution in [2.75, 3.05) is 5.32 Å². The molecule has 0 saturated heterocycles. The molecular formula is C15H21ClN2O3. The Morgan fingerprint density at radius 1 is 1.38 bits per heavy atom. The molecule has 0 atom stereocenters. The fourth-order valence-electron chi connectivity index (χ4n) is 2.88. The zero-order valence-corrected chi connectivity index (χ0v) is 13.0. The Labute approximate surface area is 129 Å². The first-order valence-electron chi connectivity index (χ1n) is 7.15. The zero-order chi connectivity index (χ0) is 15.6. The van der Waals surface area contributed by atoms with Gasteiger partial charge in [0.2, 0.25) is 0 Å². The predicted molar refractivity (Wildman–Crippen MR) is 81.9 cm³/mol. The largest absolute Gasteiger partial charge is 0.478 e. The third kappa shape index (κ3) is 4.08.